The first kappa shape index (κ1) is 26.2. The molecule has 44 heavy (non-hydrogen) atoms. The topological polar surface area (TPSA) is 77.3 Å². The number of aromatic nitrogens is 6. The molecule has 0 amide bonds. The average molecular weight is 603 g/mol. The van der Waals surface area contributed by atoms with Crippen molar-refractivity contribution in [2.45, 2.75) is 0 Å². The molecule has 6 aromatic heterocycles. The van der Waals surface area contributed by atoms with Gasteiger partial charge in [-0.15, -0.1) is 22.7 Å². The Hall–Kier alpha value is -5.44. The van der Waals surface area contributed by atoms with E-state index in [2.05, 4.69) is 68.5 Å². The van der Waals surface area contributed by atoms with Crippen LogP contribution in [0.4, 0.5) is 0 Å². The van der Waals surface area contributed by atoms with Gasteiger partial charge in [-0.25, -0.2) is 9.97 Å². The molecule has 0 N–H and O–H groups in total. The van der Waals surface area contributed by atoms with Gasteiger partial charge in [-0.1, -0.05) is 36.4 Å². The Bertz CT molecular complexity index is 2080. The van der Waals surface area contributed by atoms with Crippen molar-refractivity contribution in [1.29, 1.82) is 0 Å². The summed E-state index contributed by atoms with van der Waals surface area (Å²) in [6, 6.07) is 29.0. The predicted octanol–water partition coefficient (Wildman–Crippen LogP) is 9.33. The van der Waals surface area contributed by atoms with Crippen molar-refractivity contribution in [3.05, 3.63) is 135 Å². The summed E-state index contributed by atoms with van der Waals surface area (Å²) in [6.07, 6.45) is 14.8. The van der Waals surface area contributed by atoms with Crippen LogP contribution in [0.25, 0.3) is 75.3 Å². The standard InChI is InChI=1S/C36H22N6S2/c1-2-8-28-27(7-1)29(33-21-41-35(43-33)23-11-15-39-31(17-23)25-5-3-13-37-19-25)9-10-30(28)34-22-42-36(44-34)24-12-16-40-32(18-24)26-6-4-14-38-20-26/h1-22H. The molecular formula is C36H22N6S2. The Kier molecular flexibility index (Phi) is 6.75. The highest BCUT2D eigenvalue weighted by molar-refractivity contribution is 7.18. The molecule has 0 aliphatic rings. The Morgan fingerprint density at radius 1 is 0.409 bits per heavy atom. The second-order valence-corrected chi connectivity index (χ2v) is 12.2. The zero-order chi connectivity index (χ0) is 29.3. The molecule has 208 valence electrons. The Labute approximate surface area is 261 Å². The van der Waals surface area contributed by atoms with Crippen molar-refractivity contribution in [2.75, 3.05) is 0 Å². The van der Waals surface area contributed by atoms with E-state index in [9.17, 15) is 0 Å². The molecule has 0 unspecified atom stereocenters. The zero-order valence-electron chi connectivity index (χ0n) is 23.2. The van der Waals surface area contributed by atoms with Gasteiger partial charge in [-0.05, 0) is 59.3 Å². The van der Waals surface area contributed by atoms with E-state index in [0.717, 1.165) is 64.5 Å². The van der Waals surface area contributed by atoms with E-state index in [4.69, 9.17) is 9.97 Å². The molecule has 8 heteroatoms. The highest BCUT2D eigenvalue weighted by atomic mass is 32.1. The Balaban J connectivity index is 1.13. The first-order valence-electron chi connectivity index (χ1n) is 14.0. The van der Waals surface area contributed by atoms with Crippen molar-refractivity contribution in [2.24, 2.45) is 0 Å². The molecule has 8 aromatic rings. The summed E-state index contributed by atoms with van der Waals surface area (Å²) in [6.45, 7) is 0. The number of thiazole rings is 2. The van der Waals surface area contributed by atoms with Gasteiger partial charge in [0.2, 0.25) is 0 Å². The molecule has 6 nitrogen and oxygen atoms in total. The summed E-state index contributed by atoms with van der Waals surface area (Å²) in [4.78, 5) is 29.4. The van der Waals surface area contributed by atoms with Crippen LogP contribution < -0.4 is 0 Å². The van der Waals surface area contributed by atoms with Crippen LogP contribution in [0.1, 0.15) is 0 Å². The fraction of sp³-hybridized carbons (Fsp3) is 0. The highest BCUT2D eigenvalue weighted by Crippen LogP contribution is 2.42. The maximum atomic E-state index is 4.81. The highest BCUT2D eigenvalue weighted by Gasteiger charge is 2.15. The molecule has 2 aromatic carbocycles. The number of rotatable bonds is 6. The van der Waals surface area contributed by atoms with Gasteiger partial charge in [0, 0.05) is 83.0 Å². The fourth-order valence-corrected chi connectivity index (χ4v) is 7.17. The lowest BCUT2D eigenvalue weighted by Gasteiger charge is -2.09. The molecule has 0 atom stereocenters. The van der Waals surface area contributed by atoms with Crippen molar-refractivity contribution in [3.63, 3.8) is 0 Å². The monoisotopic (exact) mass is 602 g/mol. The van der Waals surface area contributed by atoms with E-state index >= 15 is 0 Å². The number of nitrogens with zero attached hydrogens (tertiary/aromatic N) is 6. The van der Waals surface area contributed by atoms with Crippen LogP contribution in [0.15, 0.2) is 135 Å². The van der Waals surface area contributed by atoms with Crippen LogP contribution in [0.3, 0.4) is 0 Å². The van der Waals surface area contributed by atoms with Crippen molar-refractivity contribution in [3.8, 4) is 64.5 Å². The number of fused-ring (bicyclic) bond motifs is 1. The smallest absolute Gasteiger partial charge is 0.124 e. The summed E-state index contributed by atoms with van der Waals surface area (Å²) >= 11 is 3.37. The van der Waals surface area contributed by atoms with Crippen molar-refractivity contribution in [1.82, 2.24) is 29.9 Å². The third-order valence-corrected chi connectivity index (χ3v) is 9.55. The van der Waals surface area contributed by atoms with Gasteiger partial charge in [-0.3, -0.25) is 19.9 Å². The molecule has 0 fully saturated rings. The summed E-state index contributed by atoms with van der Waals surface area (Å²) in [7, 11) is 0. The lowest BCUT2D eigenvalue weighted by molar-refractivity contribution is 1.27. The third-order valence-electron chi connectivity index (χ3n) is 7.39. The third kappa shape index (κ3) is 4.96. The molecule has 0 bridgehead atoms. The molecule has 0 aliphatic heterocycles. The molecule has 8 rings (SSSR count). The number of pyridine rings is 4. The quantitative estimate of drug-likeness (QED) is 0.189. The number of hydrogen-bond donors (Lipinski definition) is 0. The first-order valence-corrected chi connectivity index (χ1v) is 15.6. The largest absolute Gasteiger partial charge is 0.264 e. The fourth-order valence-electron chi connectivity index (χ4n) is 5.26. The molecule has 0 spiro atoms. The lowest BCUT2D eigenvalue weighted by Crippen LogP contribution is -1.85. The first-order chi connectivity index (χ1) is 21.8. The summed E-state index contributed by atoms with van der Waals surface area (Å²) < 4.78 is 0. The number of benzene rings is 2. The maximum absolute atomic E-state index is 4.81. The molecular weight excluding hydrogens is 581 g/mol. The van der Waals surface area contributed by atoms with Crippen LogP contribution >= 0.6 is 22.7 Å². The molecule has 0 aliphatic carbocycles. The van der Waals surface area contributed by atoms with Crippen LogP contribution in [0.5, 0.6) is 0 Å². The van der Waals surface area contributed by atoms with E-state index in [1.165, 1.54) is 10.8 Å². The van der Waals surface area contributed by atoms with Gasteiger partial charge in [0.1, 0.15) is 10.0 Å². The average Bonchev–Trinajstić information content (AvgIpc) is 3.80. The maximum Gasteiger partial charge on any atom is 0.124 e. The number of hydrogen-bond acceptors (Lipinski definition) is 8. The van der Waals surface area contributed by atoms with Gasteiger partial charge >= 0.3 is 0 Å². The van der Waals surface area contributed by atoms with Crippen molar-refractivity contribution >= 4 is 33.4 Å². The van der Waals surface area contributed by atoms with Crippen LogP contribution in [-0.4, -0.2) is 29.9 Å². The van der Waals surface area contributed by atoms with E-state index in [1.54, 1.807) is 35.1 Å². The zero-order valence-corrected chi connectivity index (χ0v) is 24.8. The molecule has 0 saturated carbocycles. The van der Waals surface area contributed by atoms with Crippen LogP contribution in [0, 0.1) is 0 Å². The van der Waals surface area contributed by atoms with E-state index < -0.39 is 0 Å². The van der Waals surface area contributed by atoms with E-state index in [1.807, 2.05) is 73.6 Å². The molecule has 6 heterocycles. The Morgan fingerprint density at radius 2 is 0.909 bits per heavy atom. The van der Waals surface area contributed by atoms with Gasteiger partial charge in [0.05, 0.1) is 21.1 Å². The normalized spacial score (nSPS) is 11.2. The lowest BCUT2D eigenvalue weighted by atomic mass is 9.98. The minimum absolute atomic E-state index is 0.881. The van der Waals surface area contributed by atoms with E-state index in [0.29, 0.717) is 0 Å². The van der Waals surface area contributed by atoms with Crippen LogP contribution in [0.2, 0.25) is 0 Å². The summed E-state index contributed by atoms with van der Waals surface area (Å²) in [5.74, 6) is 0. The van der Waals surface area contributed by atoms with Gasteiger partial charge in [0.25, 0.3) is 0 Å². The molecule has 0 radical (unpaired) electrons. The van der Waals surface area contributed by atoms with Gasteiger partial charge in [0.15, 0.2) is 0 Å². The minimum Gasteiger partial charge on any atom is -0.264 e. The predicted molar refractivity (Wildman–Crippen MR) is 179 cm³/mol. The van der Waals surface area contributed by atoms with Crippen LogP contribution in [-0.2, 0) is 0 Å². The van der Waals surface area contributed by atoms with E-state index in [-0.39, 0.29) is 0 Å². The minimum atomic E-state index is 0.881. The van der Waals surface area contributed by atoms with Crippen molar-refractivity contribution < 1.29 is 0 Å². The summed E-state index contributed by atoms with van der Waals surface area (Å²) in [5.41, 5.74) is 8.13. The second kappa shape index (κ2) is 11.3. The van der Waals surface area contributed by atoms with Gasteiger partial charge < -0.3 is 0 Å². The molecule has 0 saturated heterocycles. The van der Waals surface area contributed by atoms with Gasteiger partial charge in [-0.2, -0.15) is 0 Å². The second-order valence-electron chi connectivity index (χ2n) is 10.1. The SMILES string of the molecule is c1cncc(-c2cc(-c3ncc(-c4ccc(-c5cnc(-c6ccnc(-c7cccnc7)c6)s5)c5ccccc45)s3)ccn2)c1. The Morgan fingerprint density at radius 3 is 1.36 bits per heavy atom. The summed E-state index contributed by atoms with van der Waals surface area (Å²) in [5, 5.41) is 4.28.